The van der Waals surface area contributed by atoms with Crippen LogP contribution in [0.5, 0.6) is 0 Å². The molecule has 0 aromatic carbocycles. The number of unbranched alkanes of at least 4 members (excludes halogenated alkanes) is 27. The molecule has 0 saturated heterocycles. The van der Waals surface area contributed by atoms with E-state index < -0.39 is 6.10 Å². The zero-order valence-corrected chi connectivity index (χ0v) is 49.0. The molecule has 0 bridgehead atoms. The summed E-state index contributed by atoms with van der Waals surface area (Å²) in [7, 11) is 0. The highest BCUT2D eigenvalue weighted by Crippen LogP contribution is 2.15. The average molecular weight is 1040 g/mol. The van der Waals surface area contributed by atoms with Gasteiger partial charge in [-0.05, 0) is 128 Å². The van der Waals surface area contributed by atoms with Gasteiger partial charge in [-0.15, -0.1) is 0 Å². The van der Waals surface area contributed by atoms with Gasteiger partial charge in [0.2, 0.25) is 0 Å². The maximum atomic E-state index is 12.9. The minimum Gasteiger partial charge on any atom is -0.462 e. The third-order valence-electron chi connectivity index (χ3n) is 13.2. The van der Waals surface area contributed by atoms with Crippen molar-refractivity contribution in [1.82, 2.24) is 0 Å². The first-order chi connectivity index (χ1) is 37.0. The second-order valence-corrected chi connectivity index (χ2v) is 20.6. The van der Waals surface area contributed by atoms with Crippen LogP contribution in [0.3, 0.4) is 0 Å². The fraction of sp³-hybridized carbons (Fsp3) is 0.696. The van der Waals surface area contributed by atoms with Crippen LogP contribution < -0.4 is 0 Å². The van der Waals surface area contributed by atoms with Crippen molar-refractivity contribution in [2.24, 2.45) is 0 Å². The van der Waals surface area contributed by atoms with E-state index in [1.807, 2.05) is 0 Å². The molecule has 0 saturated carbocycles. The van der Waals surface area contributed by atoms with Gasteiger partial charge in [0.25, 0.3) is 0 Å². The van der Waals surface area contributed by atoms with E-state index in [1.54, 1.807) is 0 Å². The van der Waals surface area contributed by atoms with E-state index in [0.717, 1.165) is 128 Å². The predicted octanol–water partition coefficient (Wildman–Crippen LogP) is 21.4. The molecular formula is C69H116O6. The lowest BCUT2D eigenvalue weighted by atomic mass is 10.1. The fourth-order valence-corrected chi connectivity index (χ4v) is 8.53. The van der Waals surface area contributed by atoms with Crippen LogP contribution in [0.25, 0.3) is 0 Å². The zero-order valence-electron chi connectivity index (χ0n) is 49.0. The second kappa shape index (κ2) is 62.6. The molecule has 75 heavy (non-hydrogen) atoms. The number of carbonyl (C=O) groups is 3. The standard InChI is InChI=1S/C69H116O6/c1-4-7-10-13-16-19-22-25-27-29-31-33-34-36-37-39-41-44-47-50-53-56-59-62-68(71)74-65-66(64-73-67(70)61-58-55-52-49-46-43-24-21-18-15-12-9-6-3)75-69(72)63-60-57-54-51-48-45-42-40-38-35-32-30-28-26-23-20-17-14-11-8-5-2/h7,10,16,19,21,23-27,30-33,36-38,40,66H,4-6,8-9,11-15,17-18,20,22,28-29,34-35,39,41-65H2,1-3H3/b10-7-,19-16-,24-21-,26-23-,27-25-,32-30-,33-31-,37-36-,40-38-. The molecule has 6 heteroatoms. The summed E-state index contributed by atoms with van der Waals surface area (Å²) in [4.78, 5) is 38.3. The van der Waals surface area contributed by atoms with Crippen LogP contribution in [0.4, 0.5) is 0 Å². The molecule has 0 N–H and O–H groups in total. The third kappa shape index (κ3) is 60.8. The van der Waals surface area contributed by atoms with Crippen molar-refractivity contribution in [3.05, 3.63) is 109 Å². The van der Waals surface area contributed by atoms with Gasteiger partial charge in [-0.3, -0.25) is 14.4 Å². The molecule has 0 aliphatic carbocycles. The summed E-state index contributed by atoms with van der Waals surface area (Å²) in [6.07, 6.45) is 85.1. The Balaban J connectivity index is 4.41. The summed E-state index contributed by atoms with van der Waals surface area (Å²) in [5, 5.41) is 0. The summed E-state index contributed by atoms with van der Waals surface area (Å²) in [5.41, 5.74) is 0. The number of ether oxygens (including phenoxy) is 3. The van der Waals surface area contributed by atoms with Gasteiger partial charge in [0.1, 0.15) is 13.2 Å². The van der Waals surface area contributed by atoms with Crippen molar-refractivity contribution in [3.63, 3.8) is 0 Å². The Morgan fingerprint density at radius 3 is 0.840 bits per heavy atom. The molecule has 1 unspecified atom stereocenters. The first-order valence-corrected chi connectivity index (χ1v) is 31.4. The van der Waals surface area contributed by atoms with Crippen LogP contribution in [0.1, 0.15) is 290 Å². The molecule has 0 fully saturated rings. The van der Waals surface area contributed by atoms with Crippen LogP contribution in [-0.2, 0) is 28.6 Å². The topological polar surface area (TPSA) is 78.9 Å². The monoisotopic (exact) mass is 1040 g/mol. The third-order valence-corrected chi connectivity index (χ3v) is 13.2. The zero-order chi connectivity index (χ0) is 54.3. The number of allylic oxidation sites excluding steroid dienone is 18. The van der Waals surface area contributed by atoms with Gasteiger partial charge in [-0.1, -0.05) is 252 Å². The Morgan fingerprint density at radius 2 is 0.520 bits per heavy atom. The van der Waals surface area contributed by atoms with Gasteiger partial charge in [0, 0.05) is 19.3 Å². The van der Waals surface area contributed by atoms with E-state index in [-0.39, 0.29) is 31.1 Å². The van der Waals surface area contributed by atoms with Crippen molar-refractivity contribution in [3.8, 4) is 0 Å². The number of hydrogen-bond donors (Lipinski definition) is 0. The van der Waals surface area contributed by atoms with Gasteiger partial charge in [0.05, 0.1) is 0 Å². The minimum absolute atomic E-state index is 0.0922. The minimum atomic E-state index is -0.796. The summed E-state index contributed by atoms with van der Waals surface area (Å²) >= 11 is 0. The lowest BCUT2D eigenvalue weighted by Crippen LogP contribution is -2.30. The van der Waals surface area contributed by atoms with Crippen LogP contribution in [0, 0.1) is 0 Å². The Kier molecular flexibility index (Phi) is 59.3. The number of rotatable bonds is 56. The van der Waals surface area contributed by atoms with Crippen molar-refractivity contribution < 1.29 is 28.6 Å². The summed E-state index contributed by atoms with van der Waals surface area (Å²) in [6.45, 7) is 6.49. The summed E-state index contributed by atoms with van der Waals surface area (Å²) < 4.78 is 16.9. The molecule has 0 aliphatic heterocycles. The quantitative estimate of drug-likeness (QED) is 0.0261. The van der Waals surface area contributed by atoms with Gasteiger partial charge < -0.3 is 14.2 Å². The first-order valence-electron chi connectivity index (χ1n) is 31.4. The fourth-order valence-electron chi connectivity index (χ4n) is 8.53. The second-order valence-electron chi connectivity index (χ2n) is 20.6. The molecule has 1 atom stereocenters. The lowest BCUT2D eigenvalue weighted by Gasteiger charge is -2.18. The summed E-state index contributed by atoms with van der Waals surface area (Å²) in [5.74, 6) is -0.919. The van der Waals surface area contributed by atoms with E-state index in [2.05, 4.69) is 130 Å². The lowest BCUT2D eigenvalue weighted by molar-refractivity contribution is -0.167. The molecule has 0 aliphatic rings. The molecule has 0 aromatic rings. The number of esters is 3. The van der Waals surface area contributed by atoms with E-state index in [1.165, 1.54) is 122 Å². The maximum Gasteiger partial charge on any atom is 0.306 e. The molecule has 0 radical (unpaired) electrons. The number of carbonyl (C=O) groups excluding carboxylic acids is 3. The Morgan fingerprint density at radius 1 is 0.280 bits per heavy atom. The normalized spacial score (nSPS) is 12.8. The van der Waals surface area contributed by atoms with Crippen molar-refractivity contribution in [2.75, 3.05) is 13.2 Å². The molecule has 0 heterocycles. The molecule has 428 valence electrons. The van der Waals surface area contributed by atoms with E-state index >= 15 is 0 Å². The van der Waals surface area contributed by atoms with Crippen LogP contribution in [0.2, 0.25) is 0 Å². The van der Waals surface area contributed by atoms with Gasteiger partial charge in [0.15, 0.2) is 6.10 Å². The largest absolute Gasteiger partial charge is 0.462 e. The first kappa shape index (κ1) is 71.1. The van der Waals surface area contributed by atoms with Gasteiger partial charge in [-0.2, -0.15) is 0 Å². The van der Waals surface area contributed by atoms with Crippen LogP contribution in [0.15, 0.2) is 109 Å². The Hall–Kier alpha value is -3.93. The van der Waals surface area contributed by atoms with Crippen LogP contribution in [-0.4, -0.2) is 37.2 Å². The van der Waals surface area contributed by atoms with E-state index in [0.29, 0.717) is 19.3 Å². The molecule has 6 nitrogen and oxygen atoms in total. The summed E-state index contributed by atoms with van der Waals surface area (Å²) in [6, 6.07) is 0. The van der Waals surface area contributed by atoms with Crippen molar-refractivity contribution in [2.45, 2.75) is 297 Å². The smallest absolute Gasteiger partial charge is 0.306 e. The van der Waals surface area contributed by atoms with Gasteiger partial charge >= 0.3 is 17.9 Å². The van der Waals surface area contributed by atoms with Gasteiger partial charge in [-0.25, -0.2) is 0 Å². The molecule has 0 spiro atoms. The van der Waals surface area contributed by atoms with E-state index in [9.17, 15) is 14.4 Å². The maximum absolute atomic E-state index is 12.9. The van der Waals surface area contributed by atoms with E-state index in [4.69, 9.17) is 14.2 Å². The number of hydrogen-bond acceptors (Lipinski definition) is 6. The Bertz CT molecular complexity index is 1520. The highest BCUT2D eigenvalue weighted by molar-refractivity contribution is 5.71. The highest BCUT2D eigenvalue weighted by Gasteiger charge is 2.19. The SMILES string of the molecule is CC/C=C\C/C=C\C/C=C\C/C=C\C/C=C\CCCCCCCCCC(=O)OCC(COC(=O)CCCCCCC/C=C\CCCCCC)OC(=O)CCCCCCCC/C=C\C/C=C\C/C=C\CCCCCCC. The average Bonchev–Trinajstić information content (AvgIpc) is 3.41. The predicted molar refractivity (Wildman–Crippen MR) is 325 cm³/mol. The Labute approximate surface area is 463 Å². The van der Waals surface area contributed by atoms with Crippen molar-refractivity contribution in [1.29, 1.82) is 0 Å². The molecule has 0 amide bonds. The molecule has 0 rings (SSSR count). The van der Waals surface area contributed by atoms with Crippen molar-refractivity contribution >= 4 is 17.9 Å². The highest BCUT2D eigenvalue weighted by atomic mass is 16.6. The molecule has 0 aromatic heterocycles. The molecular weight excluding hydrogens is 925 g/mol. The van der Waals surface area contributed by atoms with Crippen LogP contribution >= 0.6 is 0 Å².